The van der Waals surface area contributed by atoms with Crippen LogP contribution in [0, 0.1) is 12.7 Å². The summed E-state index contributed by atoms with van der Waals surface area (Å²) < 4.78 is 42.2. The lowest BCUT2D eigenvalue weighted by Crippen LogP contribution is -2.37. The summed E-state index contributed by atoms with van der Waals surface area (Å²) in [6, 6.07) is 5.21. The van der Waals surface area contributed by atoms with E-state index in [1.165, 1.54) is 31.2 Å². The lowest BCUT2D eigenvalue weighted by atomic mass is 10.1. The van der Waals surface area contributed by atoms with E-state index in [0.29, 0.717) is 5.69 Å². The molecule has 0 spiro atoms. The number of anilines is 1. The van der Waals surface area contributed by atoms with E-state index in [4.69, 9.17) is 33.6 Å². The van der Waals surface area contributed by atoms with E-state index in [2.05, 4.69) is 9.88 Å². The standard InChI is InChI=1S/C18H22ClFN6O5S/c1-10-5-6-14(25-32(29,30)9-11-12(19)3-2-4-13(11)20)17(28)26(10)15(16(21)27)7-8-31-24-18(22)23/h2-6,15,25H,7-9H2,1H3,(H2,21,27)(H4,22,23,24). The van der Waals surface area contributed by atoms with Gasteiger partial charge >= 0.3 is 0 Å². The van der Waals surface area contributed by atoms with E-state index in [9.17, 15) is 22.4 Å². The molecule has 1 amide bonds. The highest BCUT2D eigenvalue weighted by Gasteiger charge is 2.24. The number of carbonyl (C=O) groups is 1. The first-order chi connectivity index (χ1) is 14.9. The Labute approximate surface area is 188 Å². The number of sulfonamides is 1. The third kappa shape index (κ3) is 6.34. The fourth-order valence-electron chi connectivity index (χ4n) is 2.86. The molecule has 0 fully saturated rings. The number of nitrogens with two attached hydrogens (primary N) is 3. The molecule has 0 aliphatic carbocycles. The van der Waals surface area contributed by atoms with Gasteiger partial charge < -0.3 is 22.0 Å². The number of primary amides is 1. The molecule has 11 nitrogen and oxygen atoms in total. The van der Waals surface area contributed by atoms with E-state index >= 15 is 0 Å². The van der Waals surface area contributed by atoms with Crippen molar-refractivity contribution in [2.75, 3.05) is 11.3 Å². The average molecular weight is 489 g/mol. The predicted molar refractivity (Wildman–Crippen MR) is 118 cm³/mol. The van der Waals surface area contributed by atoms with Gasteiger partial charge in [-0.25, -0.2) is 12.8 Å². The van der Waals surface area contributed by atoms with Gasteiger partial charge in [0.2, 0.25) is 21.9 Å². The van der Waals surface area contributed by atoms with Crippen molar-refractivity contribution in [3.05, 3.63) is 62.8 Å². The van der Waals surface area contributed by atoms with Gasteiger partial charge in [0, 0.05) is 22.7 Å². The summed E-state index contributed by atoms with van der Waals surface area (Å²) in [6.45, 7) is 1.38. The zero-order chi connectivity index (χ0) is 24.1. The summed E-state index contributed by atoms with van der Waals surface area (Å²) in [6.07, 6.45) is -0.0755. The first-order valence-corrected chi connectivity index (χ1v) is 11.1. The number of amides is 1. The second-order valence-electron chi connectivity index (χ2n) is 6.68. The zero-order valence-electron chi connectivity index (χ0n) is 16.9. The maximum Gasteiger partial charge on any atom is 0.275 e. The molecule has 0 saturated carbocycles. The van der Waals surface area contributed by atoms with E-state index < -0.39 is 39.1 Å². The van der Waals surface area contributed by atoms with Crippen molar-refractivity contribution >= 4 is 39.2 Å². The minimum absolute atomic E-state index is 0.0755. The maximum atomic E-state index is 14.0. The second-order valence-corrected chi connectivity index (χ2v) is 8.81. The van der Waals surface area contributed by atoms with E-state index in [0.717, 1.165) is 10.6 Å². The summed E-state index contributed by atoms with van der Waals surface area (Å²) in [5.74, 6) is -2.81. The maximum absolute atomic E-state index is 14.0. The van der Waals surface area contributed by atoms with Crippen molar-refractivity contribution in [1.82, 2.24) is 4.57 Å². The molecule has 1 unspecified atom stereocenters. The minimum Gasteiger partial charge on any atom is -0.393 e. The molecule has 1 aromatic carbocycles. The Morgan fingerprint density at radius 2 is 1.97 bits per heavy atom. The number of hydrogen-bond donors (Lipinski definition) is 4. The number of guanidine groups is 1. The molecular formula is C18H22ClFN6O5S. The molecule has 14 heteroatoms. The SMILES string of the molecule is Cc1ccc(NS(=O)(=O)Cc2c(F)cccc2Cl)c(=O)n1C(CCON=C(N)N)C(N)=O. The van der Waals surface area contributed by atoms with Gasteiger partial charge in [0.05, 0.1) is 5.75 Å². The van der Waals surface area contributed by atoms with Crippen LogP contribution < -0.4 is 27.5 Å². The normalized spacial score (nSPS) is 12.1. The van der Waals surface area contributed by atoms with Crippen LogP contribution in [0.3, 0.4) is 0 Å². The molecule has 0 radical (unpaired) electrons. The number of pyridine rings is 1. The third-order valence-corrected chi connectivity index (χ3v) is 5.83. The van der Waals surface area contributed by atoms with Gasteiger partial charge in [0.15, 0.2) is 0 Å². The van der Waals surface area contributed by atoms with Crippen molar-refractivity contribution in [2.45, 2.75) is 25.1 Å². The largest absolute Gasteiger partial charge is 0.393 e. The van der Waals surface area contributed by atoms with E-state index in [1.807, 2.05) is 0 Å². The summed E-state index contributed by atoms with van der Waals surface area (Å²) >= 11 is 5.89. The van der Waals surface area contributed by atoms with Crippen LogP contribution in [-0.4, -0.2) is 31.5 Å². The van der Waals surface area contributed by atoms with Crippen LogP contribution in [0.4, 0.5) is 10.1 Å². The Morgan fingerprint density at radius 3 is 2.56 bits per heavy atom. The third-order valence-electron chi connectivity index (χ3n) is 4.27. The first kappa shape index (κ1) is 24.9. The number of aromatic nitrogens is 1. The second kappa shape index (κ2) is 10.3. The highest BCUT2D eigenvalue weighted by Crippen LogP contribution is 2.22. The van der Waals surface area contributed by atoms with Gasteiger partial charge in [-0.2, -0.15) is 0 Å². The lowest BCUT2D eigenvalue weighted by Gasteiger charge is -2.20. The number of rotatable bonds is 10. The van der Waals surface area contributed by atoms with Gasteiger partial charge in [-0.1, -0.05) is 17.7 Å². The summed E-state index contributed by atoms with van der Waals surface area (Å²) in [5, 5.41) is 3.24. The van der Waals surface area contributed by atoms with Crippen LogP contribution in [0.5, 0.6) is 0 Å². The Balaban J connectivity index is 2.34. The Hall–Kier alpha value is -3.32. The molecule has 0 bridgehead atoms. The van der Waals surface area contributed by atoms with Crippen molar-refractivity contribution in [3.8, 4) is 0 Å². The summed E-state index contributed by atoms with van der Waals surface area (Å²) in [4.78, 5) is 29.8. The number of nitrogens with zero attached hydrogens (tertiary/aromatic N) is 2. The number of hydrogen-bond acceptors (Lipinski definition) is 6. The van der Waals surface area contributed by atoms with Crippen molar-refractivity contribution in [2.24, 2.45) is 22.4 Å². The average Bonchev–Trinajstić information content (AvgIpc) is 2.68. The molecule has 1 aromatic heterocycles. The lowest BCUT2D eigenvalue weighted by molar-refractivity contribution is -0.121. The number of carbonyl (C=O) groups excluding carboxylic acids is 1. The fourth-order valence-corrected chi connectivity index (χ4v) is 4.40. The van der Waals surface area contributed by atoms with Crippen LogP contribution in [-0.2, 0) is 25.4 Å². The van der Waals surface area contributed by atoms with Crippen LogP contribution in [0.2, 0.25) is 5.02 Å². The summed E-state index contributed by atoms with van der Waals surface area (Å²) in [5.41, 5.74) is 14.6. The number of benzene rings is 1. The number of aryl methyl sites for hydroxylation is 1. The minimum atomic E-state index is -4.24. The van der Waals surface area contributed by atoms with Crippen LogP contribution in [0.25, 0.3) is 0 Å². The number of halogens is 2. The molecule has 0 aliphatic rings. The molecule has 32 heavy (non-hydrogen) atoms. The van der Waals surface area contributed by atoms with E-state index in [-0.39, 0.29) is 35.3 Å². The topological polar surface area (TPSA) is 185 Å². The summed E-state index contributed by atoms with van der Waals surface area (Å²) in [7, 11) is -4.24. The molecule has 2 rings (SSSR count). The monoisotopic (exact) mass is 488 g/mol. The molecule has 174 valence electrons. The van der Waals surface area contributed by atoms with Crippen LogP contribution in [0.1, 0.15) is 23.7 Å². The molecule has 0 aliphatic heterocycles. The molecular weight excluding hydrogens is 467 g/mol. The number of oxime groups is 1. The highest BCUT2D eigenvalue weighted by molar-refractivity contribution is 7.91. The first-order valence-electron chi connectivity index (χ1n) is 9.08. The molecule has 1 heterocycles. The zero-order valence-corrected chi connectivity index (χ0v) is 18.5. The highest BCUT2D eigenvalue weighted by atomic mass is 35.5. The Bertz CT molecular complexity index is 1180. The smallest absolute Gasteiger partial charge is 0.275 e. The van der Waals surface area contributed by atoms with Gasteiger partial charge in [-0.3, -0.25) is 18.9 Å². The van der Waals surface area contributed by atoms with Crippen molar-refractivity contribution in [1.29, 1.82) is 0 Å². The molecule has 0 saturated heterocycles. The quantitative estimate of drug-likeness (QED) is 0.162. The Kier molecular flexibility index (Phi) is 8.05. The molecule has 1 atom stereocenters. The van der Waals surface area contributed by atoms with Crippen molar-refractivity contribution < 1.29 is 22.4 Å². The van der Waals surface area contributed by atoms with E-state index in [1.54, 1.807) is 0 Å². The van der Waals surface area contributed by atoms with Gasteiger partial charge in [0.25, 0.3) is 5.56 Å². The van der Waals surface area contributed by atoms with Gasteiger partial charge in [-0.15, -0.1) is 0 Å². The number of nitrogens with one attached hydrogen (secondary N) is 1. The van der Waals surface area contributed by atoms with Crippen LogP contribution in [0.15, 0.2) is 40.3 Å². The van der Waals surface area contributed by atoms with Gasteiger partial charge in [0.1, 0.15) is 24.2 Å². The van der Waals surface area contributed by atoms with Crippen LogP contribution >= 0.6 is 11.6 Å². The molecule has 7 N–H and O–H groups in total. The molecule has 2 aromatic rings. The van der Waals surface area contributed by atoms with Crippen molar-refractivity contribution in [3.63, 3.8) is 0 Å². The fraction of sp³-hybridized carbons (Fsp3) is 0.278. The Morgan fingerprint density at radius 1 is 1.28 bits per heavy atom. The van der Waals surface area contributed by atoms with Gasteiger partial charge in [-0.05, 0) is 36.3 Å². The predicted octanol–water partition coefficient (Wildman–Crippen LogP) is 0.513.